The summed E-state index contributed by atoms with van der Waals surface area (Å²) in [5.74, 6) is 0. The second kappa shape index (κ2) is 4.00. The van der Waals surface area contributed by atoms with Crippen molar-refractivity contribution in [2.24, 2.45) is 0 Å². The first kappa shape index (κ1) is 10.0. The van der Waals surface area contributed by atoms with Crippen LogP contribution in [0.15, 0.2) is 48.8 Å². The van der Waals surface area contributed by atoms with Crippen LogP contribution in [0.5, 0.6) is 0 Å². The molecule has 0 amide bonds. The minimum Gasteiger partial charge on any atom is -0.264 e. The smallest absolute Gasteiger partial charge is 0.101 e. The minimum atomic E-state index is 0.749. The summed E-state index contributed by atoms with van der Waals surface area (Å²) in [5, 5.41) is 10.3. The number of fused-ring (bicyclic) bond motifs is 1. The Hall–Kier alpha value is -2.18. The van der Waals surface area contributed by atoms with Crippen molar-refractivity contribution in [1.29, 1.82) is 5.26 Å². The average molecular weight is 236 g/mol. The number of aromatic nitrogens is 1. The third-order valence-electron chi connectivity index (χ3n) is 2.63. The number of hydrogen-bond acceptors (Lipinski definition) is 3. The summed E-state index contributed by atoms with van der Waals surface area (Å²) in [7, 11) is 0. The van der Waals surface area contributed by atoms with Crippen molar-refractivity contribution in [2.45, 2.75) is 0 Å². The highest BCUT2D eigenvalue weighted by atomic mass is 32.1. The van der Waals surface area contributed by atoms with Crippen molar-refractivity contribution in [2.75, 3.05) is 0 Å². The molecule has 3 heteroatoms. The molecule has 80 valence electrons. The highest BCUT2D eigenvalue weighted by Crippen LogP contribution is 2.37. The van der Waals surface area contributed by atoms with Gasteiger partial charge in [0.1, 0.15) is 6.07 Å². The number of thiophene rings is 1. The zero-order valence-corrected chi connectivity index (χ0v) is 9.74. The molecule has 2 heterocycles. The molecule has 0 unspecified atom stereocenters. The van der Waals surface area contributed by atoms with Crippen LogP contribution in [0, 0.1) is 11.3 Å². The normalized spacial score (nSPS) is 10.3. The van der Waals surface area contributed by atoms with E-state index in [-0.39, 0.29) is 0 Å². The van der Waals surface area contributed by atoms with Gasteiger partial charge < -0.3 is 0 Å². The lowest BCUT2D eigenvalue weighted by Crippen LogP contribution is -1.78. The molecule has 0 saturated heterocycles. The lowest BCUT2D eigenvalue weighted by molar-refractivity contribution is 1.33. The Morgan fingerprint density at radius 1 is 1.12 bits per heavy atom. The van der Waals surface area contributed by atoms with E-state index in [1.54, 1.807) is 23.7 Å². The molecule has 17 heavy (non-hydrogen) atoms. The van der Waals surface area contributed by atoms with E-state index in [9.17, 15) is 5.26 Å². The fourth-order valence-corrected chi connectivity index (χ4v) is 3.00. The quantitative estimate of drug-likeness (QED) is 0.643. The maximum absolute atomic E-state index is 9.30. The van der Waals surface area contributed by atoms with Gasteiger partial charge in [0.25, 0.3) is 0 Å². The molecule has 0 spiro atoms. The van der Waals surface area contributed by atoms with Gasteiger partial charge >= 0.3 is 0 Å². The first-order valence-electron chi connectivity index (χ1n) is 5.22. The first-order chi connectivity index (χ1) is 8.40. The molecule has 0 N–H and O–H groups in total. The van der Waals surface area contributed by atoms with Gasteiger partial charge in [-0.3, -0.25) is 4.98 Å². The van der Waals surface area contributed by atoms with E-state index >= 15 is 0 Å². The van der Waals surface area contributed by atoms with Crippen LogP contribution >= 0.6 is 11.3 Å². The topological polar surface area (TPSA) is 36.7 Å². The largest absolute Gasteiger partial charge is 0.264 e. The van der Waals surface area contributed by atoms with Gasteiger partial charge in [-0.05, 0) is 12.1 Å². The number of rotatable bonds is 1. The number of pyridine rings is 1. The van der Waals surface area contributed by atoms with Crippen LogP contribution in [-0.4, -0.2) is 4.98 Å². The van der Waals surface area contributed by atoms with Gasteiger partial charge in [0.15, 0.2) is 0 Å². The molecule has 1 aromatic carbocycles. The molecule has 0 aliphatic heterocycles. The lowest BCUT2D eigenvalue weighted by atomic mass is 10.1. The van der Waals surface area contributed by atoms with Gasteiger partial charge in [-0.15, -0.1) is 11.3 Å². The average Bonchev–Trinajstić information content (AvgIpc) is 2.78. The monoisotopic (exact) mass is 236 g/mol. The highest BCUT2D eigenvalue weighted by Gasteiger charge is 2.12. The summed E-state index contributed by atoms with van der Waals surface area (Å²) in [6.07, 6.45) is 3.54. The van der Waals surface area contributed by atoms with Gasteiger partial charge in [0.05, 0.1) is 10.4 Å². The second-order valence-corrected chi connectivity index (χ2v) is 4.71. The summed E-state index contributed by atoms with van der Waals surface area (Å²) in [4.78, 5) is 5.11. The van der Waals surface area contributed by atoms with E-state index in [0.29, 0.717) is 0 Å². The van der Waals surface area contributed by atoms with Crippen LogP contribution in [0.1, 0.15) is 5.56 Å². The second-order valence-electron chi connectivity index (χ2n) is 3.66. The van der Waals surface area contributed by atoms with Crippen LogP contribution < -0.4 is 0 Å². The SMILES string of the molecule is N#Cc1c(-c2cccnc2)sc2ccccc12. The molecule has 0 bridgehead atoms. The third-order valence-corrected chi connectivity index (χ3v) is 3.85. The molecule has 0 radical (unpaired) electrons. The predicted octanol–water partition coefficient (Wildman–Crippen LogP) is 3.83. The van der Waals surface area contributed by atoms with E-state index in [0.717, 1.165) is 26.1 Å². The number of nitrogens with zero attached hydrogens (tertiary/aromatic N) is 2. The van der Waals surface area contributed by atoms with Crippen LogP contribution in [0.25, 0.3) is 20.5 Å². The fourth-order valence-electron chi connectivity index (χ4n) is 1.86. The summed E-state index contributed by atoms with van der Waals surface area (Å²) < 4.78 is 1.14. The van der Waals surface area contributed by atoms with E-state index < -0.39 is 0 Å². The first-order valence-corrected chi connectivity index (χ1v) is 6.04. The van der Waals surface area contributed by atoms with Crippen LogP contribution in [0.4, 0.5) is 0 Å². The van der Waals surface area contributed by atoms with E-state index in [1.165, 1.54) is 0 Å². The maximum Gasteiger partial charge on any atom is 0.101 e. The highest BCUT2D eigenvalue weighted by molar-refractivity contribution is 7.22. The van der Waals surface area contributed by atoms with Crippen molar-refractivity contribution >= 4 is 21.4 Å². The minimum absolute atomic E-state index is 0.749. The molecular formula is C14H8N2S. The summed E-state index contributed by atoms with van der Waals surface area (Å²) in [6.45, 7) is 0. The Morgan fingerprint density at radius 3 is 2.76 bits per heavy atom. The molecule has 0 saturated carbocycles. The van der Waals surface area contributed by atoms with Crippen LogP contribution in [0.2, 0.25) is 0 Å². The molecule has 0 atom stereocenters. The Labute approximate surface area is 103 Å². The Bertz CT molecular complexity index is 708. The molecule has 0 aliphatic rings. The third kappa shape index (κ3) is 1.59. The summed E-state index contributed by atoms with van der Waals surface area (Å²) >= 11 is 1.64. The lowest BCUT2D eigenvalue weighted by Gasteiger charge is -1.96. The predicted molar refractivity (Wildman–Crippen MR) is 69.8 cm³/mol. The number of nitriles is 1. The van der Waals surface area contributed by atoms with Crippen molar-refractivity contribution in [3.8, 4) is 16.5 Å². The Balaban J connectivity index is 2.35. The zero-order valence-electron chi connectivity index (χ0n) is 8.92. The van der Waals surface area contributed by atoms with Gasteiger partial charge in [0, 0.05) is 28.0 Å². The molecular weight excluding hydrogens is 228 g/mol. The molecule has 0 aliphatic carbocycles. The Morgan fingerprint density at radius 2 is 2.00 bits per heavy atom. The van der Waals surface area contributed by atoms with Crippen molar-refractivity contribution in [1.82, 2.24) is 4.98 Å². The zero-order chi connectivity index (χ0) is 11.7. The Kier molecular flexibility index (Phi) is 2.36. The van der Waals surface area contributed by atoms with Crippen molar-refractivity contribution < 1.29 is 0 Å². The number of hydrogen-bond donors (Lipinski definition) is 0. The molecule has 3 rings (SSSR count). The van der Waals surface area contributed by atoms with Gasteiger partial charge in [-0.25, -0.2) is 0 Å². The summed E-state index contributed by atoms with van der Waals surface area (Å²) in [5.41, 5.74) is 1.75. The maximum atomic E-state index is 9.30. The van der Waals surface area contributed by atoms with Crippen molar-refractivity contribution in [3.63, 3.8) is 0 Å². The molecule has 3 aromatic rings. The fraction of sp³-hybridized carbons (Fsp3) is 0. The standard InChI is InChI=1S/C14H8N2S/c15-8-12-11-5-1-2-6-13(11)17-14(12)10-4-3-7-16-9-10/h1-7,9H. The molecule has 2 aromatic heterocycles. The van der Waals surface area contributed by atoms with E-state index in [4.69, 9.17) is 0 Å². The molecule has 0 fully saturated rings. The van der Waals surface area contributed by atoms with Gasteiger partial charge in [-0.2, -0.15) is 5.26 Å². The van der Waals surface area contributed by atoms with Crippen LogP contribution in [0.3, 0.4) is 0 Å². The van der Waals surface area contributed by atoms with E-state index in [2.05, 4.69) is 11.1 Å². The van der Waals surface area contributed by atoms with Crippen LogP contribution in [-0.2, 0) is 0 Å². The van der Waals surface area contributed by atoms with E-state index in [1.807, 2.05) is 36.4 Å². The molecule has 2 nitrogen and oxygen atoms in total. The van der Waals surface area contributed by atoms with Gasteiger partial charge in [-0.1, -0.05) is 24.3 Å². The summed E-state index contributed by atoms with van der Waals surface area (Å²) in [6, 6.07) is 14.2. The number of benzene rings is 1. The van der Waals surface area contributed by atoms with Crippen molar-refractivity contribution in [3.05, 3.63) is 54.4 Å². The van der Waals surface area contributed by atoms with Gasteiger partial charge in [0.2, 0.25) is 0 Å².